The van der Waals surface area contributed by atoms with Gasteiger partial charge < -0.3 is 20.5 Å². The van der Waals surface area contributed by atoms with E-state index in [1.54, 1.807) is 0 Å². The van der Waals surface area contributed by atoms with Crippen LogP contribution in [0.15, 0.2) is 29.3 Å². The van der Waals surface area contributed by atoms with E-state index < -0.39 is 6.10 Å². The summed E-state index contributed by atoms with van der Waals surface area (Å²) < 4.78 is 5.99. The Balaban J connectivity index is 0.00000261. The maximum Gasteiger partial charge on any atom is 0.191 e. The summed E-state index contributed by atoms with van der Waals surface area (Å²) in [6.07, 6.45) is 2.09. The van der Waals surface area contributed by atoms with Gasteiger partial charge in [0.15, 0.2) is 5.96 Å². The molecule has 0 radical (unpaired) electrons. The third-order valence-corrected chi connectivity index (χ3v) is 5.85. The topological polar surface area (TPSA) is 65.9 Å². The second-order valence-electron chi connectivity index (χ2n) is 8.19. The van der Waals surface area contributed by atoms with E-state index >= 15 is 0 Å². The van der Waals surface area contributed by atoms with Gasteiger partial charge in [0.1, 0.15) is 0 Å². The molecule has 2 aliphatic rings. The molecule has 5 nitrogen and oxygen atoms in total. The number of nitrogens with one attached hydrogen (secondary N) is 2. The van der Waals surface area contributed by atoms with Crippen molar-refractivity contribution < 1.29 is 9.84 Å². The summed E-state index contributed by atoms with van der Waals surface area (Å²) in [5, 5.41) is 17.4. The van der Waals surface area contributed by atoms with Gasteiger partial charge in [0.05, 0.1) is 18.8 Å². The number of hydrogen-bond donors (Lipinski definition) is 3. The Morgan fingerprint density at radius 1 is 1.33 bits per heavy atom. The van der Waals surface area contributed by atoms with Gasteiger partial charge in [-0.15, -0.1) is 24.0 Å². The molecule has 1 aliphatic carbocycles. The summed E-state index contributed by atoms with van der Waals surface area (Å²) in [7, 11) is 0. The summed E-state index contributed by atoms with van der Waals surface area (Å²) >= 11 is 0. The fourth-order valence-corrected chi connectivity index (χ4v) is 4.35. The second kappa shape index (κ2) is 9.56. The van der Waals surface area contributed by atoms with Crippen LogP contribution in [0.1, 0.15) is 50.8 Å². The highest BCUT2D eigenvalue weighted by Gasteiger charge is 2.58. The van der Waals surface area contributed by atoms with Crippen molar-refractivity contribution >= 4 is 29.9 Å². The molecule has 4 atom stereocenters. The number of guanidine groups is 1. The maximum absolute atomic E-state index is 10.4. The van der Waals surface area contributed by atoms with Gasteiger partial charge in [-0.3, -0.25) is 4.99 Å². The van der Waals surface area contributed by atoms with Crippen LogP contribution < -0.4 is 10.6 Å². The largest absolute Gasteiger partial charge is 0.386 e. The zero-order chi connectivity index (χ0) is 18.7. The van der Waals surface area contributed by atoms with Crippen LogP contribution in [0.4, 0.5) is 0 Å². The smallest absolute Gasteiger partial charge is 0.191 e. The predicted octanol–water partition coefficient (Wildman–Crippen LogP) is 3.41. The van der Waals surface area contributed by atoms with Crippen molar-refractivity contribution in [2.45, 2.75) is 58.8 Å². The minimum atomic E-state index is -0.591. The van der Waals surface area contributed by atoms with Crippen molar-refractivity contribution in [3.63, 3.8) is 0 Å². The first-order chi connectivity index (χ1) is 12.4. The normalized spacial score (nSPS) is 27.6. The zero-order valence-corrected chi connectivity index (χ0v) is 19.2. The molecule has 1 aromatic rings. The molecule has 1 heterocycles. The molecule has 0 bridgehead atoms. The van der Waals surface area contributed by atoms with Gasteiger partial charge >= 0.3 is 0 Å². The van der Waals surface area contributed by atoms with Gasteiger partial charge in [-0.05, 0) is 32.3 Å². The average molecular weight is 487 g/mol. The first-order valence-corrected chi connectivity index (χ1v) is 9.84. The van der Waals surface area contributed by atoms with E-state index in [0.29, 0.717) is 24.6 Å². The van der Waals surface area contributed by atoms with Crippen LogP contribution in [0.2, 0.25) is 0 Å². The summed E-state index contributed by atoms with van der Waals surface area (Å²) in [5.41, 5.74) is 2.19. The van der Waals surface area contributed by atoms with Crippen LogP contribution in [0.3, 0.4) is 0 Å². The first kappa shape index (κ1) is 22.4. The molecule has 27 heavy (non-hydrogen) atoms. The van der Waals surface area contributed by atoms with Crippen molar-refractivity contribution in [3.05, 3.63) is 35.4 Å². The Hall–Kier alpha value is -0.860. The Labute approximate surface area is 180 Å². The molecular formula is C21H34IN3O2. The second-order valence-corrected chi connectivity index (χ2v) is 8.19. The lowest BCUT2D eigenvalue weighted by Gasteiger charge is -2.60. The fourth-order valence-electron chi connectivity index (χ4n) is 4.35. The molecule has 0 aromatic heterocycles. The molecule has 2 fully saturated rings. The number of aliphatic hydroxyl groups excluding tert-OH is 1. The van der Waals surface area contributed by atoms with E-state index in [-0.39, 0.29) is 29.4 Å². The summed E-state index contributed by atoms with van der Waals surface area (Å²) in [5.74, 6) is 1.32. The van der Waals surface area contributed by atoms with Crippen LogP contribution in [-0.4, -0.2) is 42.9 Å². The molecule has 1 saturated carbocycles. The quantitative estimate of drug-likeness (QED) is 0.339. The number of benzene rings is 1. The van der Waals surface area contributed by atoms with E-state index in [1.165, 1.54) is 12.0 Å². The van der Waals surface area contributed by atoms with Crippen molar-refractivity contribution in [1.82, 2.24) is 10.6 Å². The van der Waals surface area contributed by atoms with Crippen molar-refractivity contribution in [2.24, 2.45) is 16.3 Å². The van der Waals surface area contributed by atoms with Crippen molar-refractivity contribution in [1.29, 1.82) is 0 Å². The number of halogens is 1. The lowest BCUT2D eigenvalue weighted by molar-refractivity contribution is -0.188. The highest BCUT2D eigenvalue weighted by molar-refractivity contribution is 14.0. The Morgan fingerprint density at radius 3 is 2.70 bits per heavy atom. The standard InChI is InChI=1S/C21H33N3O2.HI/c1-5-22-20(23-13-17(25)15-10-8-14(2)9-11-15)24-18-16-7-6-12-26-19(16)21(18,3)4;/h8-11,16-19,25H,5-7,12-13H2,1-4H3,(H2,22,23,24);1H. The number of fused-ring (bicyclic) bond motifs is 1. The number of aliphatic imine (C=N–C) groups is 1. The SMILES string of the molecule is CCNC(=NCC(O)c1ccc(C)cc1)NC1C2CCCOC2C1(C)C.I. The van der Waals surface area contributed by atoms with Gasteiger partial charge in [0.25, 0.3) is 0 Å². The Bertz CT molecular complexity index is 633. The van der Waals surface area contributed by atoms with Crippen LogP contribution in [0.5, 0.6) is 0 Å². The van der Waals surface area contributed by atoms with Crippen molar-refractivity contribution in [2.75, 3.05) is 19.7 Å². The number of nitrogens with zero attached hydrogens (tertiary/aromatic N) is 1. The van der Waals surface area contributed by atoms with E-state index in [2.05, 4.69) is 36.4 Å². The number of hydrogen-bond acceptors (Lipinski definition) is 3. The van der Waals surface area contributed by atoms with E-state index in [9.17, 15) is 5.11 Å². The van der Waals surface area contributed by atoms with Gasteiger partial charge in [0, 0.05) is 30.5 Å². The van der Waals surface area contributed by atoms with Crippen LogP contribution in [0, 0.1) is 18.3 Å². The molecule has 0 amide bonds. The van der Waals surface area contributed by atoms with Gasteiger partial charge in [0.2, 0.25) is 0 Å². The summed E-state index contributed by atoms with van der Waals surface area (Å²) in [6.45, 7) is 10.7. The highest BCUT2D eigenvalue weighted by atomic mass is 127. The molecular weight excluding hydrogens is 453 g/mol. The monoisotopic (exact) mass is 487 g/mol. The average Bonchev–Trinajstić information content (AvgIpc) is 2.64. The molecule has 3 N–H and O–H groups in total. The number of aliphatic hydroxyl groups is 1. The lowest BCUT2D eigenvalue weighted by atomic mass is 9.55. The zero-order valence-electron chi connectivity index (χ0n) is 16.9. The molecule has 0 spiro atoms. The van der Waals surface area contributed by atoms with Crippen LogP contribution in [0.25, 0.3) is 0 Å². The number of rotatable bonds is 5. The van der Waals surface area contributed by atoms with Crippen LogP contribution >= 0.6 is 24.0 Å². The first-order valence-electron chi connectivity index (χ1n) is 9.84. The van der Waals surface area contributed by atoms with E-state index in [0.717, 1.165) is 31.1 Å². The molecule has 6 heteroatoms. The van der Waals surface area contributed by atoms with Gasteiger partial charge in [-0.1, -0.05) is 43.7 Å². The fraction of sp³-hybridized carbons (Fsp3) is 0.667. The molecule has 152 valence electrons. The summed E-state index contributed by atoms with van der Waals surface area (Å²) in [6, 6.07) is 8.32. The maximum atomic E-state index is 10.4. The van der Waals surface area contributed by atoms with E-state index in [1.807, 2.05) is 31.2 Å². The lowest BCUT2D eigenvalue weighted by Crippen LogP contribution is -2.71. The molecule has 1 saturated heterocycles. The van der Waals surface area contributed by atoms with Gasteiger partial charge in [-0.2, -0.15) is 0 Å². The predicted molar refractivity (Wildman–Crippen MR) is 121 cm³/mol. The Morgan fingerprint density at radius 2 is 2.04 bits per heavy atom. The number of aryl methyl sites for hydroxylation is 1. The minimum Gasteiger partial charge on any atom is -0.386 e. The summed E-state index contributed by atoms with van der Waals surface area (Å²) in [4.78, 5) is 4.64. The molecule has 1 aromatic carbocycles. The highest BCUT2D eigenvalue weighted by Crippen LogP contribution is 2.51. The Kier molecular flexibility index (Phi) is 7.94. The van der Waals surface area contributed by atoms with Gasteiger partial charge in [-0.25, -0.2) is 0 Å². The van der Waals surface area contributed by atoms with E-state index in [4.69, 9.17) is 4.74 Å². The van der Waals surface area contributed by atoms with Crippen molar-refractivity contribution in [3.8, 4) is 0 Å². The third kappa shape index (κ3) is 4.95. The third-order valence-electron chi connectivity index (χ3n) is 5.85. The van der Waals surface area contributed by atoms with Crippen LogP contribution in [-0.2, 0) is 4.74 Å². The molecule has 1 aliphatic heterocycles. The molecule has 4 unspecified atom stereocenters. The molecule has 3 rings (SSSR count). The minimum absolute atomic E-state index is 0. The number of ether oxygens (including phenoxy) is 1.